The molecule has 0 saturated carbocycles. The molecule has 1 fully saturated rings. The van der Waals surface area contributed by atoms with Crippen molar-refractivity contribution in [1.29, 1.82) is 0 Å². The number of aliphatic carboxylic acids is 1. The first-order valence-electron chi connectivity index (χ1n) is 8.76. The van der Waals surface area contributed by atoms with Gasteiger partial charge in [0.25, 0.3) is 5.91 Å². The number of hydrazine groups is 1. The number of rotatable bonds is 5. The van der Waals surface area contributed by atoms with Gasteiger partial charge in [0.1, 0.15) is 6.54 Å². The molecule has 3 rings (SSSR count). The molecule has 1 aromatic heterocycles. The Morgan fingerprint density at radius 1 is 1.12 bits per heavy atom. The molecule has 33 heavy (non-hydrogen) atoms. The Bertz CT molecular complexity index is 1130. The lowest BCUT2D eigenvalue weighted by Gasteiger charge is -2.14. The number of carboxylic acids is 1. The molecule has 174 valence electrons. The minimum absolute atomic E-state index is 0.0105. The van der Waals surface area contributed by atoms with Crippen LogP contribution in [0.25, 0.3) is 17.3 Å². The van der Waals surface area contributed by atoms with Crippen LogP contribution in [0.3, 0.4) is 0 Å². The topological polar surface area (TPSA) is 82.5 Å². The lowest BCUT2D eigenvalue weighted by molar-refractivity contribution is -0.143. The summed E-state index contributed by atoms with van der Waals surface area (Å²) in [6.45, 7) is -0.579. The van der Waals surface area contributed by atoms with E-state index in [0.717, 1.165) is 16.8 Å². The monoisotopic (exact) mass is 507 g/mol. The average molecular weight is 507 g/mol. The highest BCUT2D eigenvalue weighted by molar-refractivity contribution is 8.26. The van der Waals surface area contributed by atoms with Crippen LogP contribution in [-0.4, -0.2) is 37.8 Å². The molecular formula is C19H11F6N3O3S2. The maximum atomic E-state index is 13.1. The molecule has 2 heterocycles. The van der Waals surface area contributed by atoms with E-state index in [-0.39, 0.29) is 26.7 Å². The van der Waals surface area contributed by atoms with Crippen LogP contribution in [0.2, 0.25) is 0 Å². The van der Waals surface area contributed by atoms with Crippen LogP contribution >= 0.6 is 24.0 Å². The number of benzene rings is 1. The van der Waals surface area contributed by atoms with Crippen LogP contribution in [0, 0.1) is 0 Å². The Morgan fingerprint density at radius 2 is 1.73 bits per heavy atom. The van der Waals surface area contributed by atoms with Gasteiger partial charge >= 0.3 is 18.3 Å². The number of amides is 1. The quantitative estimate of drug-likeness (QED) is 0.349. The van der Waals surface area contributed by atoms with Gasteiger partial charge < -0.3 is 5.11 Å². The summed E-state index contributed by atoms with van der Waals surface area (Å²) in [7, 11) is 0. The fourth-order valence-corrected chi connectivity index (χ4v) is 3.88. The lowest BCUT2D eigenvalue weighted by Crippen LogP contribution is -2.43. The Kier molecular flexibility index (Phi) is 6.81. The summed E-state index contributed by atoms with van der Waals surface area (Å²) in [5.74, 6) is -1.92. The van der Waals surface area contributed by atoms with Crippen LogP contribution in [0.1, 0.15) is 16.8 Å². The third-order valence-electron chi connectivity index (χ3n) is 4.12. The lowest BCUT2D eigenvalue weighted by atomic mass is 10.0. The van der Waals surface area contributed by atoms with Gasteiger partial charge in [0.05, 0.1) is 27.4 Å². The zero-order valence-electron chi connectivity index (χ0n) is 16.0. The molecule has 1 aliphatic rings. The van der Waals surface area contributed by atoms with Crippen molar-refractivity contribution in [3.8, 4) is 11.3 Å². The number of hydrogen-bond donors (Lipinski definition) is 2. The van der Waals surface area contributed by atoms with Crippen molar-refractivity contribution in [1.82, 2.24) is 15.4 Å². The summed E-state index contributed by atoms with van der Waals surface area (Å²) in [5.41, 5.74) is -1.17. The largest absolute Gasteiger partial charge is 0.480 e. The Labute approximate surface area is 191 Å². The van der Waals surface area contributed by atoms with E-state index in [0.29, 0.717) is 12.1 Å². The Morgan fingerprint density at radius 3 is 2.27 bits per heavy atom. The summed E-state index contributed by atoms with van der Waals surface area (Å²) < 4.78 is 78.8. The number of thiocarbonyl (C=S) groups is 1. The molecule has 0 atom stereocenters. The third kappa shape index (κ3) is 5.89. The number of thioether (sulfide) groups is 1. The fraction of sp³-hybridized carbons (Fsp3) is 0.158. The van der Waals surface area contributed by atoms with E-state index in [4.69, 9.17) is 17.3 Å². The molecule has 6 nitrogen and oxygen atoms in total. The maximum absolute atomic E-state index is 13.1. The number of nitrogens with one attached hydrogen (secondary N) is 1. The van der Waals surface area contributed by atoms with Crippen molar-refractivity contribution >= 4 is 46.3 Å². The van der Waals surface area contributed by atoms with Crippen molar-refractivity contribution in [3.63, 3.8) is 0 Å². The first-order chi connectivity index (χ1) is 15.3. The van der Waals surface area contributed by atoms with Gasteiger partial charge in [0, 0.05) is 5.56 Å². The van der Waals surface area contributed by atoms with Crippen molar-refractivity contribution in [3.05, 3.63) is 58.1 Å². The highest BCUT2D eigenvalue weighted by atomic mass is 32.2. The van der Waals surface area contributed by atoms with Gasteiger partial charge in [0.15, 0.2) is 4.32 Å². The molecule has 2 N–H and O–H groups in total. The van der Waals surface area contributed by atoms with E-state index in [1.807, 2.05) is 0 Å². The van der Waals surface area contributed by atoms with Crippen LogP contribution in [0.15, 0.2) is 41.3 Å². The summed E-state index contributed by atoms with van der Waals surface area (Å²) in [6.07, 6.45) is -8.78. The van der Waals surface area contributed by atoms with Gasteiger partial charge in [-0.25, -0.2) is 15.4 Å². The normalized spacial score (nSPS) is 16.1. The number of nitrogens with zero attached hydrogens (tertiary/aromatic N) is 2. The predicted molar refractivity (Wildman–Crippen MR) is 110 cm³/mol. The van der Waals surface area contributed by atoms with Crippen LogP contribution in [0.5, 0.6) is 0 Å². The van der Waals surface area contributed by atoms with E-state index in [1.165, 1.54) is 24.3 Å². The molecule has 0 unspecified atom stereocenters. The number of pyridine rings is 1. The second-order valence-corrected chi connectivity index (χ2v) is 8.16. The van der Waals surface area contributed by atoms with Crippen molar-refractivity contribution in [2.45, 2.75) is 12.4 Å². The highest BCUT2D eigenvalue weighted by Crippen LogP contribution is 2.38. The second kappa shape index (κ2) is 9.11. The molecule has 1 amide bonds. The van der Waals surface area contributed by atoms with E-state index in [2.05, 4.69) is 10.4 Å². The van der Waals surface area contributed by atoms with Gasteiger partial charge in [-0.2, -0.15) is 26.3 Å². The van der Waals surface area contributed by atoms with Crippen LogP contribution in [0.4, 0.5) is 26.3 Å². The van der Waals surface area contributed by atoms with Crippen LogP contribution in [-0.2, 0) is 21.9 Å². The smallest absolute Gasteiger partial charge is 0.416 e. The highest BCUT2D eigenvalue weighted by Gasteiger charge is 2.37. The van der Waals surface area contributed by atoms with E-state index in [9.17, 15) is 35.9 Å². The number of carbonyl (C=O) groups is 2. The second-order valence-electron chi connectivity index (χ2n) is 6.49. The molecule has 0 spiro atoms. The molecule has 14 heteroatoms. The number of hydrogen-bond acceptors (Lipinski definition) is 6. The number of carboxylic acid groups (broad SMARTS) is 1. The summed E-state index contributed by atoms with van der Waals surface area (Å²) >= 11 is 5.82. The predicted octanol–water partition coefficient (Wildman–Crippen LogP) is 4.58. The minimum Gasteiger partial charge on any atom is -0.480 e. The molecule has 0 bridgehead atoms. The van der Waals surface area contributed by atoms with E-state index < -0.39 is 47.5 Å². The molecule has 1 aliphatic heterocycles. The Hall–Kier alpha value is -2.97. The molecule has 1 aromatic carbocycles. The molecule has 0 aliphatic carbocycles. The first kappa shape index (κ1) is 24.7. The van der Waals surface area contributed by atoms with Crippen molar-refractivity contribution in [2.75, 3.05) is 6.54 Å². The number of aromatic nitrogens is 1. The van der Waals surface area contributed by atoms with Gasteiger partial charge in [-0.3, -0.25) is 9.59 Å². The summed E-state index contributed by atoms with van der Waals surface area (Å²) in [6, 6.07) is 5.09. The van der Waals surface area contributed by atoms with Crippen LogP contribution < -0.4 is 5.43 Å². The fourth-order valence-electron chi connectivity index (χ4n) is 2.68. The standard InChI is InChI=1S/C19H11F6N3O3S2/c20-18(21,22)10-4-9(5-11(6-10)19(23,24)25)13-3-1-2-12(27-13)7-14-16(31)28(17(32)33-14)26-8-15(29)30/h1-7,26H,8H2,(H,29,30)/b14-7-. The van der Waals surface area contributed by atoms with E-state index in [1.54, 1.807) is 0 Å². The molecule has 2 aromatic rings. The zero-order chi connectivity index (χ0) is 24.6. The zero-order valence-corrected chi connectivity index (χ0v) is 17.6. The molecule has 1 saturated heterocycles. The first-order valence-corrected chi connectivity index (χ1v) is 9.98. The Balaban J connectivity index is 1.97. The van der Waals surface area contributed by atoms with Gasteiger partial charge in [0.2, 0.25) is 0 Å². The summed E-state index contributed by atoms with van der Waals surface area (Å²) in [5, 5.41) is 9.55. The third-order valence-corrected chi connectivity index (χ3v) is 5.42. The van der Waals surface area contributed by atoms with E-state index >= 15 is 0 Å². The number of carbonyl (C=O) groups excluding carboxylic acids is 1. The van der Waals surface area contributed by atoms with Gasteiger partial charge in [-0.05, 0) is 36.4 Å². The van der Waals surface area contributed by atoms with Gasteiger partial charge in [-0.15, -0.1) is 0 Å². The average Bonchev–Trinajstić information content (AvgIpc) is 2.97. The SMILES string of the molecule is O=C(O)CNN1C(=O)/C(=C/c2cccc(-c3cc(C(F)(F)F)cc(C(F)(F)F)c3)n2)SC1=S. The molecular weight excluding hydrogens is 496 g/mol. The maximum Gasteiger partial charge on any atom is 0.416 e. The van der Waals surface area contributed by atoms with Crippen molar-refractivity contribution in [2.24, 2.45) is 0 Å². The van der Waals surface area contributed by atoms with Gasteiger partial charge in [-0.1, -0.05) is 30.0 Å². The summed E-state index contributed by atoms with van der Waals surface area (Å²) in [4.78, 5) is 27.2. The van der Waals surface area contributed by atoms with Crippen molar-refractivity contribution < 1.29 is 41.0 Å². The number of halogens is 6. The minimum atomic E-state index is -5.01. The number of alkyl halides is 6. The molecule has 0 radical (unpaired) electrons.